The lowest BCUT2D eigenvalue weighted by atomic mass is 9.44. The molecule has 4 fully saturated rings. The van der Waals surface area contributed by atoms with Gasteiger partial charge in [-0.3, -0.25) is 0 Å². The summed E-state index contributed by atoms with van der Waals surface area (Å²) in [4.78, 5) is 26.7. The number of rotatable bonds is 9. The van der Waals surface area contributed by atoms with Gasteiger partial charge in [0, 0.05) is 0 Å². The maximum absolute atomic E-state index is 13.4. The van der Waals surface area contributed by atoms with Crippen LogP contribution in [0.3, 0.4) is 0 Å². The molecule has 0 saturated heterocycles. The predicted octanol–water partition coefficient (Wildman–Crippen LogP) is 10.2. The number of carbonyl (C=O) groups excluding carboxylic acids is 2. The second-order valence-corrected chi connectivity index (χ2v) is 16.2. The predicted molar refractivity (Wildman–Crippen MR) is 180 cm³/mol. The third kappa shape index (κ3) is 6.37. The van der Waals surface area contributed by atoms with Gasteiger partial charge in [-0.15, -0.1) is 0 Å². The first-order chi connectivity index (χ1) is 21.6. The lowest BCUT2D eigenvalue weighted by molar-refractivity contribution is -0.163. The van der Waals surface area contributed by atoms with Crippen molar-refractivity contribution >= 4 is 11.9 Å². The van der Waals surface area contributed by atoms with Gasteiger partial charge in [-0.05, 0) is 128 Å². The highest BCUT2D eigenvalue weighted by Crippen LogP contribution is 2.68. The van der Waals surface area contributed by atoms with E-state index >= 15 is 0 Å². The van der Waals surface area contributed by atoms with Crippen LogP contribution in [0.1, 0.15) is 126 Å². The van der Waals surface area contributed by atoms with Crippen molar-refractivity contribution in [3.8, 4) is 0 Å². The summed E-state index contributed by atoms with van der Waals surface area (Å²) in [5.41, 5.74) is 1.61. The lowest BCUT2D eigenvalue weighted by Gasteiger charge is -2.62. The maximum Gasteiger partial charge on any atom is 0.338 e. The molecule has 4 heteroatoms. The Balaban J connectivity index is 1.21. The van der Waals surface area contributed by atoms with Gasteiger partial charge >= 0.3 is 11.9 Å². The fourth-order valence-electron chi connectivity index (χ4n) is 11.1. The van der Waals surface area contributed by atoms with E-state index in [1.54, 1.807) is 24.3 Å². The van der Waals surface area contributed by atoms with Gasteiger partial charge in [0.15, 0.2) is 0 Å². The summed E-state index contributed by atoms with van der Waals surface area (Å²) in [5, 5.41) is 0. The molecule has 4 aliphatic rings. The van der Waals surface area contributed by atoms with Crippen molar-refractivity contribution in [2.45, 2.75) is 117 Å². The Bertz CT molecular complexity index is 1310. The number of carbonyl (C=O) groups is 2. The first-order valence-corrected chi connectivity index (χ1v) is 18.1. The van der Waals surface area contributed by atoms with Crippen molar-refractivity contribution in [2.24, 2.45) is 52.3 Å². The summed E-state index contributed by atoms with van der Waals surface area (Å²) in [6.07, 6.45) is 12.6. The van der Waals surface area contributed by atoms with Gasteiger partial charge in [0.1, 0.15) is 12.2 Å². The fraction of sp³-hybridized carbons (Fsp3) is 0.659. The quantitative estimate of drug-likeness (QED) is 0.264. The van der Waals surface area contributed by atoms with E-state index in [9.17, 15) is 9.59 Å². The highest BCUT2D eigenvalue weighted by atomic mass is 16.6. The SMILES string of the molecule is CC(C)CCC[C@@H](C)[C@@H]1CC[C@@H]2[C@@H]3CC[C@H]4C[C@H](OC(=O)c5ccccc5)[C@H](OC(=O)c5ccccc5)C[C@]4(C)[C@@H]3CC[C@]21C. The molecule has 0 radical (unpaired) electrons. The van der Waals surface area contributed by atoms with Gasteiger partial charge in [-0.1, -0.05) is 90.3 Å². The van der Waals surface area contributed by atoms with Gasteiger partial charge < -0.3 is 9.47 Å². The molecule has 4 nitrogen and oxygen atoms in total. The molecule has 4 saturated carbocycles. The molecule has 4 aliphatic carbocycles. The molecule has 2 aromatic carbocycles. The third-order valence-corrected chi connectivity index (χ3v) is 13.4. The molecule has 0 spiro atoms. The number of esters is 2. The van der Waals surface area contributed by atoms with Crippen LogP contribution in [0.2, 0.25) is 0 Å². The molecule has 244 valence electrons. The summed E-state index contributed by atoms with van der Waals surface area (Å²) >= 11 is 0. The second-order valence-electron chi connectivity index (χ2n) is 16.2. The standard InChI is InChI=1S/C41H56O4/c1-27(2)13-12-14-28(3)33-21-22-34-32-20-19-31-25-36(44-38(42)29-15-8-6-9-16-29)37(45-39(43)30-17-10-7-11-18-30)26-41(31,5)35(32)23-24-40(33,34)4/h6-11,15-18,27-28,31-37H,12-14,19-26H2,1-5H3/t28-,31+,32+,33+,34-,35-,36+,37-,40+,41+/m1/s1. The van der Waals surface area contributed by atoms with Gasteiger partial charge in [-0.25, -0.2) is 9.59 Å². The van der Waals surface area contributed by atoms with Crippen LogP contribution < -0.4 is 0 Å². The molecule has 10 atom stereocenters. The minimum Gasteiger partial charge on any atom is -0.455 e. The fourth-order valence-corrected chi connectivity index (χ4v) is 11.1. The monoisotopic (exact) mass is 612 g/mol. The molecule has 6 rings (SSSR count). The van der Waals surface area contributed by atoms with Crippen LogP contribution in [-0.4, -0.2) is 24.1 Å². The van der Waals surface area contributed by atoms with E-state index in [0.29, 0.717) is 28.4 Å². The highest BCUT2D eigenvalue weighted by molar-refractivity contribution is 5.90. The summed E-state index contributed by atoms with van der Waals surface area (Å²) in [6.45, 7) is 12.4. The molecule has 0 amide bonds. The van der Waals surface area contributed by atoms with Crippen molar-refractivity contribution in [1.29, 1.82) is 0 Å². The number of fused-ring (bicyclic) bond motifs is 5. The molecule has 0 aromatic heterocycles. The van der Waals surface area contributed by atoms with Crippen LogP contribution in [0.15, 0.2) is 60.7 Å². The first-order valence-electron chi connectivity index (χ1n) is 18.1. The van der Waals surface area contributed by atoms with Crippen molar-refractivity contribution < 1.29 is 19.1 Å². The zero-order chi connectivity index (χ0) is 31.8. The van der Waals surface area contributed by atoms with E-state index in [2.05, 4.69) is 34.6 Å². The van der Waals surface area contributed by atoms with E-state index in [-0.39, 0.29) is 17.4 Å². The Morgan fingerprint density at radius 2 is 1.33 bits per heavy atom. The van der Waals surface area contributed by atoms with E-state index in [1.165, 1.54) is 57.8 Å². The number of hydrogen-bond donors (Lipinski definition) is 0. The van der Waals surface area contributed by atoms with Crippen LogP contribution >= 0.6 is 0 Å². The number of ether oxygens (including phenoxy) is 2. The van der Waals surface area contributed by atoms with Gasteiger partial charge in [0.25, 0.3) is 0 Å². The van der Waals surface area contributed by atoms with Gasteiger partial charge in [0.2, 0.25) is 0 Å². The zero-order valence-corrected chi connectivity index (χ0v) is 28.4. The van der Waals surface area contributed by atoms with Crippen molar-refractivity contribution in [3.63, 3.8) is 0 Å². The average Bonchev–Trinajstić information content (AvgIpc) is 3.39. The number of hydrogen-bond acceptors (Lipinski definition) is 4. The smallest absolute Gasteiger partial charge is 0.338 e. The summed E-state index contributed by atoms with van der Waals surface area (Å²) < 4.78 is 12.5. The molecular weight excluding hydrogens is 556 g/mol. The Morgan fingerprint density at radius 1 is 0.733 bits per heavy atom. The molecule has 2 aromatic rings. The Morgan fingerprint density at radius 3 is 1.96 bits per heavy atom. The normalized spacial score (nSPS) is 36.4. The topological polar surface area (TPSA) is 52.6 Å². The van der Waals surface area contributed by atoms with Crippen LogP contribution in [-0.2, 0) is 9.47 Å². The van der Waals surface area contributed by atoms with Gasteiger partial charge in [-0.2, -0.15) is 0 Å². The van der Waals surface area contributed by atoms with E-state index < -0.39 is 12.2 Å². The molecule has 0 N–H and O–H groups in total. The molecule has 0 bridgehead atoms. The van der Waals surface area contributed by atoms with E-state index in [0.717, 1.165) is 42.4 Å². The van der Waals surface area contributed by atoms with Crippen LogP contribution in [0.5, 0.6) is 0 Å². The Hall–Kier alpha value is -2.62. The summed E-state index contributed by atoms with van der Waals surface area (Å²) in [6, 6.07) is 18.5. The molecule has 0 aliphatic heterocycles. The summed E-state index contributed by atoms with van der Waals surface area (Å²) in [5.74, 6) is 4.43. The minimum atomic E-state index is -0.448. The molecule has 0 unspecified atom stereocenters. The zero-order valence-electron chi connectivity index (χ0n) is 28.4. The second kappa shape index (κ2) is 13.2. The van der Waals surface area contributed by atoms with Crippen LogP contribution in [0.4, 0.5) is 0 Å². The average molecular weight is 613 g/mol. The van der Waals surface area contributed by atoms with E-state index in [4.69, 9.17) is 9.47 Å². The van der Waals surface area contributed by atoms with Crippen molar-refractivity contribution in [2.75, 3.05) is 0 Å². The van der Waals surface area contributed by atoms with E-state index in [1.807, 2.05) is 36.4 Å². The van der Waals surface area contributed by atoms with Crippen LogP contribution in [0, 0.1) is 52.3 Å². The van der Waals surface area contributed by atoms with Crippen molar-refractivity contribution in [3.05, 3.63) is 71.8 Å². The lowest BCUT2D eigenvalue weighted by Crippen LogP contribution is -2.58. The first kappa shape index (κ1) is 32.3. The third-order valence-electron chi connectivity index (χ3n) is 13.4. The van der Waals surface area contributed by atoms with Crippen molar-refractivity contribution in [1.82, 2.24) is 0 Å². The minimum absolute atomic E-state index is 0.0719. The Labute approximate surface area is 272 Å². The largest absolute Gasteiger partial charge is 0.455 e. The highest BCUT2D eigenvalue weighted by Gasteiger charge is 2.62. The molecular formula is C41H56O4. The van der Waals surface area contributed by atoms with Crippen LogP contribution in [0.25, 0.3) is 0 Å². The molecule has 0 heterocycles. The molecule has 45 heavy (non-hydrogen) atoms. The van der Waals surface area contributed by atoms with Gasteiger partial charge in [0.05, 0.1) is 11.1 Å². The summed E-state index contributed by atoms with van der Waals surface area (Å²) in [7, 11) is 0. The maximum atomic E-state index is 13.4. The number of benzene rings is 2. The Kier molecular flexibility index (Phi) is 9.51.